The Bertz CT molecular complexity index is 597. The minimum atomic E-state index is -0.559. The predicted octanol–water partition coefficient (Wildman–Crippen LogP) is 1.70. The first-order chi connectivity index (χ1) is 10.5. The lowest BCUT2D eigenvalue weighted by atomic mass is 9.96. The standard InChI is InChI=1S/C17H22N2O3/c1-17(11-20,13-7-8-13)18-16(22)12-4-2-5-14(10-12)19-9-3-6-15(19)21/h2,4-5,10,13,20H,3,6-9,11H2,1H3,(H,18,22). The lowest BCUT2D eigenvalue weighted by Gasteiger charge is -2.29. The van der Waals surface area contributed by atoms with E-state index in [0.717, 1.165) is 24.9 Å². The van der Waals surface area contributed by atoms with Crippen molar-refractivity contribution in [2.45, 2.75) is 38.1 Å². The lowest BCUT2D eigenvalue weighted by molar-refractivity contribution is -0.117. The molecule has 5 heteroatoms. The summed E-state index contributed by atoms with van der Waals surface area (Å²) in [5.74, 6) is 0.262. The summed E-state index contributed by atoms with van der Waals surface area (Å²) in [6, 6.07) is 7.14. The van der Waals surface area contributed by atoms with Crippen LogP contribution in [0.15, 0.2) is 24.3 Å². The molecule has 1 atom stereocenters. The monoisotopic (exact) mass is 302 g/mol. The van der Waals surface area contributed by atoms with Gasteiger partial charge in [-0.1, -0.05) is 6.07 Å². The van der Waals surface area contributed by atoms with Crippen LogP contribution in [0.1, 0.15) is 43.0 Å². The average molecular weight is 302 g/mol. The molecule has 0 spiro atoms. The molecule has 0 aromatic heterocycles. The number of rotatable bonds is 5. The highest BCUT2D eigenvalue weighted by Gasteiger charge is 2.42. The molecular weight excluding hydrogens is 280 g/mol. The van der Waals surface area contributed by atoms with Crippen molar-refractivity contribution in [1.29, 1.82) is 0 Å². The molecule has 1 aliphatic heterocycles. The Morgan fingerprint density at radius 3 is 2.82 bits per heavy atom. The van der Waals surface area contributed by atoms with Crippen molar-refractivity contribution in [3.8, 4) is 0 Å². The summed E-state index contributed by atoms with van der Waals surface area (Å²) in [5.41, 5.74) is 0.737. The molecule has 1 heterocycles. The zero-order chi connectivity index (χ0) is 15.7. The van der Waals surface area contributed by atoms with Gasteiger partial charge < -0.3 is 15.3 Å². The first-order valence-corrected chi connectivity index (χ1v) is 7.87. The summed E-state index contributed by atoms with van der Waals surface area (Å²) in [7, 11) is 0. The summed E-state index contributed by atoms with van der Waals surface area (Å²) in [4.78, 5) is 26.0. The first-order valence-electron chi connectivity index (χ1n) is 7.87. The van der Waals surface area contributed by atoms with E-state index in [9.17, 15) is 14.7 Å². The number of hydrogen-bond donors (Lipinski definition) is 2. The van der Waals surface area contributed by atoms with Gasteiger partial charge in [0, 0.05) is 24.2 Å². The van der Waals surface area contributed by atoms with Gasteiger partial charge in [-0.2, -0.15) is 0 Å². The Hall–Kier alpha value is -1.88. The van der Waals surface area contributed by atoms with Crippen molar-refractivity contribution in [2.24, 2.45) is 5.92 Å². The number of anilines is 1. The largest absolute Gasteiger partial charge is 0.394 e. The quantitative estimate of drug-likeness (QED) is 0.870. The zero-order valence-corrected chi connectivity index (χ0v) is 12.8. The molecule has 1 aromatic carbocycles. The number of nitrogens with zero attached hydrogens (tertiary/aromatic N) is 1. The molecule has 0 bridgehead atoms. The van der Waals surface area contributed by atoms with Crippen LogP contribution in [-0.2, 0) is 4.79 Å². The van der Waals surface area contributed by atoms with Crippen LogP contribution in [0.4, 0.5) is 5.69 Å². The van der Waals surface area contributed by atoms with E-state index in [1.807, 2.05) is 13.0 Å². The van der Waals surface area contributed by atoms with Gasteiger partial charge >= 0.3 is 0 Å². The van der Waals surface area contributed by atoms with Crippen LogP contribution >= 0.6 is 0 Å². The summed E-state index contributed by atoms with van der Waals surface area (Å²) in [5, 5.41) is 12.5. The van der Waals surface area contributed by atoms with E-state index in [-0.39, 0.29) is 18.4 Å². The number of carbonyl (C=O) groups excluding carboxylic acids is 2. The molecule has 1 saturated heterocycles. The van der Waals surface area contributed by atoms with Crippen molar-refractivity contribution < 1.29 is 14.7 Å². The SMILES string of the molecule is CC(CO)(NC(=O)c1cccc(N2CCCC2=O)c1)C1CC1. The van der Waals surface area contributed by atoms with E-state index in [2.05, 4.69) is 5.32 Å². The van der Waals surface area contributed by atoms with Crippen LogP contribution in [0.25, 0.3) is 0 Å². The maximum atomic E-state index is 12.5. The number of carbonyl (C=O) groups is 2. The number of nitrogens with one attached hydrogen (secondary N) is 1. The topological polar surface area (TPSA) is 69.6 Å². The van der Waals surface area contributed by atoms with Gasteiger partial charge in [-0.3, -0.25) is 9.59 Å². The van der Waals surface area contributed by atoms with E-state index in [1.54, 1.807) is 23.1 Å². The van der Waals surface area contributed by atoms with Gasteiger partial charge in [0.05, 0.1) is 12.1 Å². The van der Waals surface area contributed by atoms with Crippen molar-refractivity contribution in [2.75, 3.05) is 18.1 Å². The normalized spacial score (nSPS) is 20.8. The molecule has 2 aliphatic rings. The van der Waals surface area contributed by atoms with Crippen LogP contribution in [0, 0.1) is 5.92 Å². The van der Waals surface area contributed by atoms with Crippen molar-refractivity contribution in [3.63, 3.8) is 0 Å². The minimum Gasteiger partial charge on any atom is -0.394 e. The second kappa shape index (κ2) is 5.72. The Balaban J connectivity index is 1.76. The maximum Gasteiger partial charge on any atom is 0.251 e. The fourth-order valence-corrected chi connectivity index (χ4v) is 3.06. The molecule has 118 valence electrons. The molecule has 1 aliphatic carbocycles. The summed E-state index contributed by atoms with van der Waals surface area (Å²) >= 11 is 0. The van der Waals surface area contributed by atoms with Gasteiger partial charge in [0.2, 0.25) is 5.91 Å². The Kier molecular flexibility index (Phi) is 3.91. The molecule has 2 fully saturated rings. The molecule has 5 nitrogen and oxygen atoms in total. The molecule has 1 saturated carbocycles. The van der Waals surface area contributed by atoms with Gasteiger partial charge in [-0.05, 0) is 50.3 Å². The van der Waals surface area contributed by atoms with Crippen LogP contribution in [0.2, 0.25) is 0 Å². The predicted molar refractivity (Wildman–Crippen MR) is 83.7 cm³/mol. The highest BCUT2D eigenvalue weighted by molar-refractivity contribution is 5.99. The second-order valence-electron chi connectivity index (χ2n) is 6.50. The Labute approximate surface area is 130 Å². The Morgan fingerprint density at radius 1 is 1.45 bits per heavy atom. The molecular formula is C17H22N2O3. The van der Waals surface area contributed by atoms with Crippen LogP contribution < -0.4 is 10.2 Å². The molecule has 3 rings (SSSR count). The van der Waals surface area contributed by atoms with E-state index >= 15 is 0 Å². The van der Waals surface area contributed by atoms with Gasteiger partial charge in [-0.15, -0.1) is 0 Å². The highest BCUT2D eigenvalue weighted by Crippen LogP contribution is 2.39. The van der Waals surface area contributed by atoms with Crippen LogP contribution in [-0.4, -0.2) is 35.6 Å². The summed E-state index contributed by atoms with van der Waals surface area (Å²) in [6.45, 7) is 2.53. The van der Waals surface area contributed by atoms with E-state index < -0.39 is 5.54 Å². The number of amides is 2. The zero-order valence-electron chi connectivity index (χ0n) is 12.8. The molecule has 22 heavy (non-hydrogen) atoms. The van der Waals surface area contributed by atoms with Gasteiger partial charge in [0.15, 0.2) is 0 Å². The fraction of sp³-hybridized carbons (Fsp3) is 0.529. The summed E-state index contributed by atoms with van der Waals surface area (Å²) < 4.78 is 0. The molecule has 2 amide bonds. The third-order valence-corrected chi connectivity index (χ3v) is 4.70. The summed E-state index contributed by atoms with van der Waals surface area (Å²) in [6.07, 6.45) is 3.51. The maximum absolute atomic E-state index is 12.5. The van der Waals surface area contributed by atoms with E-state index in [0.29, 0.717) is 24.4 Å². The number of benzene rings is 1. The van der Waals surface area contributed by atoms with E-state index in [1.165, 1.54) is 0 Å². The average Bonchev–Trinajstić information content (AvgIpc) is 3.30. The number of aliphatic hydroxyl groups excluding tert-OH is 1. The van der Waals surface area contributed by atoms with Gasteiger partial charge in [0.25, 0.3) is 5.91 Å². The fourth-order valence-electron chi connectivity index (χ4n) is 3.06. The molecule has 0 radical (unpaired) electrons. The third kappa shape index (κ3) is 2.86. The third-order valence-electron chi connectivity index (χ3n) is 4.70. The highest BCUT2D eigenvalue weighted by atomic mass is 16.3. The van der Waals surface area contributed by atoms with Gasteiger partial charge in [-0.25, -0.2) is 0 Å². The van der Waals surface area contributed by atoms with Crippen LogP contribution in [0.3, 0.4) is 0 Å². The van der Waals surface area contributed by atoms with Crippen molar-refractivity contribution >= 4 is 17.5 Å². The molecule has 1 unspecified atom stereocenters. The second-order valence-corrected chi connectivity index (χ2v) is 6.50. The molecule has 2 N–H and O–H groups in total. The Morgan fingerprint density at radius 2 is 2.23 bits per heavy atom. The number of hydrogen-bond acceptors (Lipinski definition) is 3. The lowest BCUT2D eigenvalue weighted by Crippen LogP contribution is -2.50. The number of aliphatic hydroxyl groups is 1. The van der Waals surface area contributed by atoms with Crippen molar-refractivity contribution in [1.82, 2.24) is 5.32 Å². The smallest absolute Gasteiger partial charge is 0.251 e. The minimum absolute atomic E-state index is 0.0618. The van der Waals surface area contributed by atoms with Crippen molar-refractivity contribution in [3.05, 3.63) is 29.8 Å². The van der Waals surface area contributed by atoms with Gasteiger partial charge in [0.1, 0.15) is 0 Å². The van der Waals surface area contributed by atoms with Crippen LogP contribution in [0.5, 0.6) is 0 Å². The van der Waals surface area contributed by atoms with E-state index in [4.69, 9.17) is 0 Å². The molecule has 1 aromatic rings. The first kappa shape index (κ1) is 15.0.